The van der Waals surface area contributed by atoms with E-state index in [0.717, 1.165) is 11.0 Å². The molecule has 0 saturated heterocycles. The van der Waals surface area contributed by atoms with Gasteiger partial charge in [-0.1, -0.05) is 12.6 Å². The van der Waals surface area contributed by atoms with Gasteiger partial charge in [0, 0.05) is 0 Å². The highest BCUT2D eigenvalue weighted by atomic mass is 16.5. The Morgan fingerprint density at radius 3 is 2.92 bits per heavy atom. The third-order valence-corrected chi connectivity index (χ3v) is 1.73. The van der Waals surface area contributed by atoms with Crippen LogP contribution in [0.5, 0.6) is 11.5 Å². The monoisotopic (exact) mass is 176 g/mol. The molecule has 1 N–H and O–H groups in total. The van der Waals surface area contributed by atoms with Crippen molar-refractivity contribution in [3.8, 4) is 11.5 Å². The fourth-order valence-corrected chi connectivity index (χ4v) is 0.960. The maximum Gasteiger partial charge on any atom is 0.149 e. The smallest absolute Gasteiger partial charge is 0.149 e. The number of benzene rings is 1. The Balaban J connectivity index is 2.77. The molecule has 0 spiro atoms. The van der Waals surface area contributed by atoms with Crippen molar-refractivity contribution < 1.29 is 9.84 Å². The first-order chi connectivity index (χ1) is 6.11. The summed E-state index contributed by atoms with van der Waals surface area (Å²) >= 11 is 0. The van der Waals surface area contributed by atoms with Gasteiger partial charge in [0.2, 0.25) is 0 Å². The number of aromatic hydroxyl groups is 1. The average Bonchev–Trinajstić information content (AvgIpc) is 2.07. The van der Waals surface area contributed by atoms with E-state index in [-0.39, 0.29) is 5.75 Å². The predicted octanol–water partition coefficient (Wildman–Crippen LogP) is 0.605. The second-order valence-electron chi connectivity index (χ2n) is 3.15. The van der Waals surface area contributed by atoms with Crippen molar-refractivity contribution in [3.63, 3.8) is 0 Å². The molecule has 68 valence electrons. The number of hydrogen-bond acceptors (Lipinski definition) is 2. The van der Waals surface area contributed by atoms with E-state index in [4.69, 9.17) is 4.74 Å². The third kappa shape index (κ3) is 2.54. The number of hydrogen-bond donors (Lipinski definition) is 1. The molecule has 0 fully saturated rings. The summed E-state index contributed by atoms with van der Waals surface area (Å²) in [6, 6.07) is 5.23. The van der Waals surface area contributed by atoms with Gasteiger partial charge in [0.15, 0.2) is 0 Å². The van der Waals surface area contributed by atoms with Crippen LogP contribution >= 0.6 is 0 Å². The summed E-state index contributed by atoms with van der Waals surface area (Å²) < 4.78 is 5.42. The lowest BCUT2D eigenvalue weighted by molar-refractivity contribution is 0.353. The summed E-state index contributed by atoms with van der Waals surface area (Å²) in [6.45, 7) is 6.13. The van der Waals surface area contributed by atoms with Gasteiger partial charge in [0.25, 0.3) is 0 Å². The lowest BCUT2D eigenvalue weighted by Crippen LogP contribution is -2.10. The van der Waals surface area contributed by atoms with E-state index in [0.29, 0.717) is 12.4 Å². The number of phenolic OH excluding ortho intramolecular Hbond substituents is 1. The topological polar surface area (TPSA) is 29.5 Å². The Hall–Kier alpha value is -1.38. The number of ether oxygens (including phenoxy) is 1. The molecule has 0 radical (unpaired) electrons. The van der Waals surface area contributed by atoms with Crippen LogP contribution in [0.15, 0.2) is 30.4 Å². The zero-order chi connectivity index (χ0) is 9.84. The van der Waals surface area contributed by atoms with Crippen molar-refractivity contribution in [2.45, 2.75) is 6.92 Å². The van der Waals surface area contributed by atoms with Gasteiger partial charge in [-0.05, 0) is 30.1 Å². The molecule has 0 aliphatic carbocycles. The highest BCUT2D eigenvalue weighted by Gasteiger charge is 2.02. The van der Waals surface area contributed by atoms with E-state index in [1.165, 1.54) is 0 Å². The van der Waals surface area contributed by atoms with E-state index in [9.17, 15) is 5.11 Å². The molecule has 0 heterocycles. The van der Waals surface area contributed by atoms with Gasteiger partial charge in [-0.25, -0.2) is 0 Å². The summed E-state index contributed by atoms with van der Waals surface area (Å²) in [4.78, 5) is 0. The highest BCUT2D eigenvalue weighted by molar-refractivity contribution is 6.36. The first-order valence-corrected chi connectivity index (χ1v) is 4.17. The molecule has 3 heteroatoms. The maximum atomic E-state index is 9.36. The molecule has 0 saturated carbocycles. The summed E-state index contributed by atoms with van der Waals surface area (Å²) in [7, 11) is 1.82. The largest absolute Gasteiger partial charge is 0.508 e. The zero-order valence-electron chi connectivity index (χ0n) is 8.00. The van der Waals surface area contributed by atoms with Crippen molar-refractivity contribution in [2.75, 3.05) is 6.61 Å². The Labute approximate surface area is 79.3 Å². The van der Waals surface area contributed by atoms with Crippen molar-refractivity contribution in [2.24, 2.45) is 0 Å². The van der Waals surface area contributed by atoms with Crippen LogP contribution < -0.4 is 10.2 Å². The second kappa shape index (κ2) is 4.03. The molecule has 0 bridgehead atoms. The minimum Gasteiger partial charge on any atom is -0.508 e. The highest BCUT2D eigenvalue weighted by Crippen LogP contribution is 2.13. The molecule has 1 rings (SSSR count). The summed E-state index contributed by atoms with van der Waals surface area (Å²) in [5.41, 5.74) is 1.73. The molecule has 0 amide bonds. The minimum atomic E-state index is 0.263. The van der Waals surface area contributed by atoms with Crippen LogP contribution in [0.4, 0.5) is 0 Å². The first kappa shape index (κ1) is 9.71. The van der Waals surface area contributed by atoms with Gasteiger partial charge >= 0.3 is 0 Å². The Kier molecular flexibility index (Phi) is 3.01. The van der Waals surface area contributed by atoms with E-state index in [2.05, 4.69) is 6.58 Å². The van der Waals surface area contributed by atoms with E-state index in [1.807, 2.05) is 20.8 Å². The molecule has 0 aromatic heterocycles. The summed E-state index contributed by atoms with van der Waals surface area (Å²) in [5, 5.41) is 9.36. The van der Waals surface area contributed by atoms with Crippen LogP contribution in [-0.4, -0.2) is 19.6 Å². The van der Waals surface area contributed by atoms with Crippen LogP contribution in [0.2, 0.25) is 0 Å². The fraction of sp³-hybridized carbons (Fsp3) is 0.200. The molecule has 1 aromatic rings. The molecule has 0 unspecified atom stereocenters. The molecular weight excluding hydrogens is 163 g/mol. The van der Waals surface area contributed by atoms with Crippen LogP contribution in [0, 0.1) is 0 Å². The molecule has 2 nitrogen and oxygen atoms in total. The van der Waals surface area contributed by atoms with Gasteiger partial charge in [-0.3, -0.25) is 0 Å². The van der Waals surface area contributed by atoms with E-state index in [1.54, 1.807) is 12.1 Å². The van der Waals surface area contributed by atoms with Gasteiger partial charge in [0.1, 0.15) is 26.0 Å². The number of rotatable bonds is 3. The van der Waals surface area contributed by atoms with Gasteiger partial charge in [0.05, 0.1) is 0 Å². The fourth-order valence-electron chi connectivity index (χ4n) is 0.960. The van der Waals surface area contributed by atoms with Crippen molar-refractivity contribution >= 4 is 13.3 Å². The van der Waals surface area contributed by atoms with E-state index < -0.39 is 0 Å². The van der Waals surface area contributed by atoms with Gasteiger partial charge in [-0.2, -0.15) is 0 Å². The molecular formula is C10H13BO2. The SMILES string of the molecule is Bc1c(O)cccc1OCC(=C)C. The Bertz CT molecular complexity index is 321. The zero-order valence-corrected chi connectivity index (χ0v) is 8.00. The van der Waals surface area contributed by atoms with Crippen molar-refractivity contribution in [3.05, 3.63) is 30.4 Å². The molecule has 1 aromatic carbocycles. The lowest BCUT2D eigenvalue weighted by Gasteiger charge is -2.09. The summed E-state index contributed by atoms with van der Waals surface area (Å²) in [5.74, 6) is 0.974. The van der Waals surface area contributed by atoms with Crippen molar-refractivity contribution in [1.29, 1.82) is 0 Å². The summed E-state index contributed by atoms with van der Waals surface area (Å²) in [6.07, 6.45) is 0. The quantitative estimate of drug-likeness (QED) is 0.539. The van der Waals surface area contributed by atoms with Crippen LogP contribution in [0.3, 0.4) is 0 Å². The van der Waals surface area contributed by atoms with Gasteiger partial charge < -0.3 is 9.84 Å². The van der Waals surface area contributed by atoms with E-state index >= 15 is 0 Å². The minimum absolute atomic E-state index is 0.263. The van der Waals surface area contributed by atoms with Crippen LogP contribution in [0.25, 0.3) is 0 Å². The lowest BCUT2D eigenvalue weighted by atomic mass is 9.94. The molecule has 0 aliphatic heterocycles. The maximum absolute atomic E-state index is 9.36. The molecule has 0 aliphatic rings. The van der Waals surface area contributed by atoms with Crippen molar-refractivity contribution in [1.82, 2.24) is 0 Å². The molecule has 13 heavy (non-hydrogen) atoms. The standard InChI is InChI=1S/C10H13BO2/c1-7(2)6-13-9-5-3-4-8(12)10(9)11/h3-5,12H,1,6,11H2,2H3. The number of phenols is 1. The predicted molar refractivity (Wildman–Crippen MR) is 56.6 cm³/mol. The Morgan fingerprint density at radius 2 is 2.31 bits per heavy atom. The first-order valence-electron chi connectivity index (χ1n) is 4.17. The van der Waals surface area contributed by atoms with Crippen LogP contribution in [0.1, 0.15) is 6.92 Å². The average molecular weight is 176 g/mol. The molecule has 0 atom stereocenters. The third-order valence-electron chi connectivity index (χ3n) is 1.73. The van der Waals surface area contributed by atoms with Gasteiger partial charge in [-0.15, -0.1) is 0 Å². The Morgan fingerprint density at radius 1 is 1.62 bits per heavy atom. The normalized spacial score (nSPS) is 9.62. The van der Waals surface area contributed by atoms with Crippen LogP contribution in [-0.2, 0) is 0 Å². The second-order valence-corrected chi connectivity index (χ2v) is 3.15.